The molecule has 0 heteroatoms. The van der Waals surface area contributed by atoms with Crippen molar-refractivity contribution in [3.63, 3.8) is 0 Å². The molecule has 0 amide bonds. The zero-order chi connectivity index (χ0) is 18.8. The van der Waals surface area contributed by atoms with E-state index in [-0.39, 0.29) is 5.92 Å². The Balaban J connectivity index is 2.20. The van der Waals surface area contributed by atoms with Gasteiger partial charge in [0, 0.05) is 5.92 Å². The van der Waals surface area contributed by atoms with Gasteiger partial charge < -0.3 is 0 Å². The molecule has 0 spiro atoms. The van der Waals surface area contributed by atoms with E-state index in [1.807, 2.05) is 0 Å². The predicted octanol–water partition coefficient (Wildman–Crippen LogP) is 7.22. The van der Waals surface area contributed by atoms with E-state index >= 15 is 0 Å². The van der Waals surface area contributed by atoms with Crippen molar-refractivity contribution in [1.29, 1.82) is 0 Å². The number of aryl methyl sites for hydroxylation is 3. The second kappa shape index (κ2) is 7.50. The zero-order valence-corrected chi connectivity index (χ0v) is 16.9. The van der Waals surface area contributed by atoms with E-state index in [4.69, 9.17) is 0 Å². The summed E-state index contributed by atoms with van der Waals surface area (Å²) in [6.45, 7) is 13.4. The fourth-order valence-corrected chi connectivity index (χ4v) is 3.85. The third-order valence-electron chi connectivity index (χ3n) is 5.47. The maximum atomic E-state index is 2.37. The van der Waals surface area contributed by atoms with Crippen LogP contribution in [0.3, 0.4) is 0 Å². The van der Waals surface area contributed by atoms with Gasteiger partial charge in [-0.1, -0.05) is 85.6 Å². The first-order chi connectivity index (χ1) is 12.4. The number of hydrogen-bond donors (Lipinski definition) is 0. The molecule has 0 aliphatic heterocycles. The van der Waals surface area contributed by atoms with Crippen LogP contribution < -0.4 is 0 Å². The second-order valence-electron chi connectivity index (χ2n) is 7.96. The van der Waals surface area contributed by atoms with Crippen LogP contribution >= 0.6 is 0 Å². The van der Waals surface area contributed by atoms with Crippen LogP contribution in [0.4, 0.5) is 0 Å². The molecular formula is C26H30. The van der Waals surface area contributed by atoms with Crippen LogP contribution in [0, 0.1) is 27.7 Å². The maximum absolute atomic E-state index is 2.37. The lowest BCUT2D eigenvalue weighted by molar-refractivity contribution is 0.862. The summed E-state index contributed by atoms with van der Waals surface area (Å²) in [6.07, 6.45) is 0. The minimum atomic E-state index is 0.273. The SMILES string of the molecule is Cc1cccc(C(c2ccc(C(C)C)cc2)c2cc(C)cc(C)c2C)c1. The summed E-state index contributed by atoms with van der Waals surface area (Å²) in [5, 5.41) is 0. The molecule has 0 radical (unpaired) electrons. The Hall–Kier alpha value is -2.34. The highest BCUT2D eigenvalue weighted by molar-refractivity contribution is 5.50. The smallest absolute Gasteiger partial charge is 0.0342 e. The van der Waals surface area contributed by atoms with Crippen molar-refractivity contribution < 1.29 is 0 Å². The number of rotatable bonds is 4. The first-order valence-corrected chi connectivity index (χ1v) is 9.61. The zero-order valence-electron chi connectivity index (χ0n) is 16.9. The Kier molecular flexibility index (Phi) is 5.32. The Bertz CT molecular complexity index is 898. The van der Waals surface area contributed by atoms with Crippen molar-refractivity contribution in [1.82, 2.24) is 0 Å². The van der Waals surface area contributed by atoms with Gasteiger partial charge in [0.1, 0.15) is 0 Å². The fraction of sp³-hybridized carbons (Fsp3) is 0.308. The summed E-state index contributed by atoms with van der Waals surface area (Å²) < 4.78 is 0. The molecule has 3 rings (SSSR count). The van der Waals surface area contributed by atoms with E-state index in [1.165, 1.54) is 44.5 Å². The molecule has 3 aromatic carbocycles. The lowest BCUT2D eigenvalue weighted by atomic mass is 9.80. The lowest BCUT2D eigenvalue weighted by Gasteiger charge is -2.23. The van der Waals surface area contributed by atoms with Crippen LogP contribution in [0.1, 0.15) is 70.2 Å². The van der Waals surface area contributed by atoms with Crippen LogP contribution in [0.15, 0.2) is 60.7 Å². The maximum Gasteiger partial charge on any atom is 0.0342 e. The Labute approximate surface area is 158 Å². The molecule has 0 nitrogen and oxygen atoms in total. The van der Waals surface area contributed by atoms with Gasteiger partial charge in [-0.2, -0.15) is 0 Å². The molecule has 0 saturated carbocycles. The van der Waals surface area contributed by atoms with Crippen molar-refractivity contribution in [2.45, 2.75) is 53.4 Å². The van der Waals surface area contributed by atoms with Crippen LogP contribution in [0.25, 0.3) is 0 Å². The topological polar surface area (TPSA) is 0 Å². The molecule has 0 aliphatic rings. The molecule has 0 bridgehead atoms. The van der Waals surface area contributed by atoms with Gasteiger partial charge in [0.05, 0.1) is 0 Å². The van der Waals surface area contributed by atoms with E-state index in [0.717, 1.165) is 0 Å². The van der Waals surface area contributed by atoms with E-state index in [1.54, 1.807) is 0 Å². The van der Waals surface area contributed by atoms with Crippen molar-refractivity contribution >= 4 is 0 Å². The standard InChI is InChI=1S/C26H30/c1-17(2)22-10-12-23(13-11-22)26(24-9-7-8-18(3)15-24)25-16-19(4)14-20(5)21(25)6/h7-17,26H,1-6H3. The molecule has 0 N–H and O–H groups in total. The highest BCUT2D eigenvalue weighted by Crippen LogP contribution is 2.36. The summed E-state index contributed by atoms with van der Waals surface area (Å²) >= 11 is 0. The molecule has 1 atom stereocenters. The Morgan fingerprint density at radius 2 is 1.27 bits per heavy atom. The molecule has 1 unspecified atom stereocenters. The summed E-state index contributed by atoms with van der Waals surface area (Å²) in [7, 11) is 0. The molecule has 0 saturated heterocycles. The summed E-state index contributed by atoms with van der Waals surface area (Å²) in [5.41, 5.74) is 11.0. The lowest BCUT2D eigenvalue weighted by Crippen LogP contribution is -2.07. The molecule has 0 fully saturated rings. The van der Waals surface area contributed by atoms with Gasteiger partial charge in [-0.15, -0.1) is 0 Å². The van der Waals surface area contributed by atoms with Gasteiger partial charge in [-0.3, -0.25) is 0 Å². The summed E-state index contributed by atoms with van der Waals surface area (Å²) in [6, 6.07) is 22.8. The van der Waals surface area contributed by atoms with E-state index in [0.29, 0.717) is 5.92 Å². The minimum Gasteiger partial charge on any atom is -0.0617 e. The normalized spacial score (nSPS) is 12.4. The van der Waals surface area contributed by atoms with Crippen molar-refractivity contribution in [2.24, 2.45) is 0 Å². The predicted molar refractivity (Wildman–Crippen MR) is 113 cm³/mol. The van der Waals surface area contributed by atoms with Crippen LogP contribution in [0.2, 0.25) is 0 Å². The summed E-state index contributed by atoms with van der Waals surface area (Å²) in [4.78, 5) is 0. The molecule has 0 aliphatic carbocycles. The third-order valence-corrected chi connectivity index (χ3v) is 5.47. The van der Waals surface area contributed by atoms with E-state index in [2.05, 4.69) is 102 Å². The second-order valence-corrected chi connectivity index (χ2v) is 7.96. The van der Waals surface area contributed by atoms with Gasteiger partial charge in [-0.25, -0.2) is 0 Å². The third kappa shape index (κ3) is 3.75. The van der Waals surface area contributed by atoms with E-state index in [9.17, 15) is 0 Å². The number of hydrogen-bond acceptors (Lipinski definition) is 0. The molecule has 26 heavy (non-hydrogen) atoms. The van der Waals surface area contributed by atoms with Crippen molar-refractivity contribution in [2.75, 3.05) is 0 Å². The average molecular weight is 343 g/mol. The van der Waals surface area contributed by atoms with Crippen LogP contribution in [-0.4, -0.2) is 0 Å². The Morgan fingerprint density at radius 3 is 1.88 bits per heavy atom. The van der Waals surface area contributed by atoms with Gasteiger partial charge in [-0.05, 0) is 67.0 Å². The van der Waals surface area contributed by atoms with Gasteiger partial charge in [0.15, 0.2) is 0 Å². The summed E-state index contributed by atoms with van der Waals surface area (Å²) in [5.74, 6) is 0.833. The number of benzene rings is 3. The van der Waals surface area contributed by atoms with Gasteiger partial charge in [0.25, 0.3) is 0 Å². The molecule has 3 aromatic rings. The fourth-order valence-electron chi connectivity index (χ4n) is 3.85. The van der Waals surface area contributed by atoms with Crippen molar-refractivity contribution in [3.8, 4) is 0 Å². The largest absolute Gasteiger partial charge is 0.0617 e. The van der Waals surface area contributed by atoms with Gasteiger partial charge in [0.2, 0.25) is 0 Å². The molecule has 0 heterocycles. The van der Waals surface area contributed by atoms with Crippen LogP contribution in [0.5, 0.6) is 0 Å². The Morgan fingerprint density at radius 1 is 0.615 bits per heavy atom. The minimum absolute atomic E-state index is 0.273. The molecule has 134 valence electrons. The highest BCUT2D eigenvalue weighted by Gasteiger charge is 2.20. The van der Waals surface area contributed by atoms with Gasteiger partial charge >= 0.3 is 0 Å². The quantitative estimate of drug-likeness (QED) is 0.439. The highest BCUT2D eigenvalue weighted by atomic mass is 14.2. The average Bonchev–Trinajstić information content (AvgIpc) is 2.60. The van der Waals surface area contributed by atoms with Crippen LogP contribution in [-0.2, 0) is 0 Å². The monoisotopic (exact) mass is 342 g/mol. The van der Waals surface area contributed by atoms with E-state index < -0.39 is 0 Å². The first kappa shape index (κ1) is 18.5. The van der Waals surface area contributed by atoms with Crippen molar-refractivity contribution in [3.05, 3.63) is 105 Å². The molecular weight excluding hydrogens is 312 g/mol. The molecule has 0 aromatic heterocycles. The first-order valence-electron chi connectivity index (χ1n) is 9.61.